The van der Waals surface area contributed by atoms with Crippen molar-refractivity contribution in [1.82, 2.24) is 0 Å². The lowest BCUT2D eigenvalue weighted by Gasteiger charge is -2.24. The number of rotatable bonds is 4. The van der Waals surface area contributed by atoms with E-state index in [4.69, 9.17) is 21.1 Å². The highest BCUT2D eigenvalue weighted by atomic mass is 35.5. The summed E-state index contributed by atoms with van der Waals surface area (Å²) in [6.07, 6.45) is 5.88. The maximum atomic E-state index is 12.3. The summed E-state index contributed by atoms with van der Waals surface area (Å²) in [6, 6.07) is 4.15. The van der Waals surface area contributed by atoms with Gasteiger partial charge in [-0.15, -0.1) is 0 Å². The smallest absolute Gasteiger partial charge is 0.355 e. The Hall–Kier alpha value is -3.06. The van der Waals surface area contributed by atoms with Crippen molar-refractivity contribution >= 4 is 35.2 Å². The SMILES string of the molecule is COC(=O)C1=C(C(=O)OC)N(c2ccc(Cl)cc2C(=O)O)C=CC=C1. The highest BCUT2D eigenvalue weighted by Crippen LogP contribution is 2.31. The highest BCUT2D eigenvalue weighted by molar-refractivity contribution is 6.31. The van der Waals surface area contributed by atoms with Gasteiger partial charge in [-0.1, -0.05) is 17.7 Å². The molecular weight excluding hydrogens is 350 g/mol. The average Bonchev–Trinajstić information content (AvgIpc) is 2.83. The molecule has 0 saturated heterocycles. The van der Waals surface area contributed by atoms with Gasteiger partial charge in [0.05, 0.1) is 31.0 Å². The Labute approximate surface area is 148 Å². The monoisotopic (exact) mass is 363 g/mol. The number of carbonyl (C=O) groups is 3. The summed E-state index contributed by atoms with van der Waals surface area (Å²) < 4.78 is 9.46. The lowest BCUT2D eigenvalue weighted by molar-refractivity contribution is -0.139. The summed E-state index contributed by atoms with van der Waals surface area (Å²) in [5, 5.41) is 9.66. The summed E-state index contributed by atoms with van der Waals surface area (Å²) >= 11 is 5.87. The van der Waals surface area contributed by atoms with Gasteiger partial charge in [0.25, 0.3) is 0 Å². The van der Waals surface area contributed by atoms with Crippen molar-refractivity contribution in [1.29, 1.82) is 0 Å². The number of benzene rings is 1. The number of aromatic carboxylic acids is 1. The van der Waals surface area contributed by atoms with Crippen LogP contribution in [0.5, 0.6) is 0 Å². The summed E-state index contributed by atoms with van der Waals surface area (Å²) in [7, 11) is 2.33. The van der Waals surface area contributed by atoms with E-state index in [0.29, 0.717) is 0 Å². The fourth-order valence-corrected chi connectivity index (χ4v) is 2.41. The van der Waals surface area contributed by atoms with E-state index in [1.165, 1.54) is 48.6 Å². The normalized spacial score (nSPS) is 13.5. The number of ether oxygens (including phenoxy) is 2. The second kappa shape index (κ2) is 7.67. The minimum absolute atomic E-state index is 0.0781. The molecule has 0 atom stereocenters. The first kappa shape index (κ1) is 18.3. The topological polar surface area (TPSA) is 93.1 Å². The van der Waals surface area contributed by atoms with Crippen molar-refractivity contribution in [3.05, 3.63) is 64.5 Å². The van der Waals surface area contributed by atoms with Crippen molar-refractivity contribution in [2.45, 2.75) is 0 Å². The summed E-state index contributed by atoms with van der Waals surface area (Å²) in [5.41, 5.74) is -0.266. The van der Waals surface area contributed by atoms with Gasteiger partial charge in [-0.3, -0.25) is 0 Å². The van der Waals surface area contributed by atoms with Gasteiger partial charge in [0, 0.05) is 11.2 Å². The molecule has 0 unspecified atom stereocenters. The number of carbonyl (C=O) groups excluding carboxylic acids is 2. The zero-order valence-corrected chi connectivity index (χ0v) is 14.1. The Morgan fingerprint density at radius 3 is 2.36 bits per heavy atom. The maximum Gasteiger partial charge on any atom is 0.355 e. The van der Waals surface area contributed by atoms with Gasteiger partial charge < -0.3 is 19.5 Å². The van der Waals surface area contributed by atoms with Gasteiger partial charge in [0.15, 0.2) is 0 Å². The van der Waals surface area contributed by atoms with Crippen LogP contribution in [0, 0.1) is 0 Å². The van der Waals surface area contributed by atoms with Crippen molar-refractivity contribution in [3.8, 4) is 0 Å². The molecule has 0 spiro atoms. The fourth-order valence-electron chi connectivity index (χ4n) is 2.24. The number of carboxylic acids is 1. The molecule has 2 rings (SSSR count). The predicted octanol–water partition coefficient (Wildman–Crippen LogP) is 2.53. The van der Waals surface area contributed by atoms with Crippen LogP contribution in [0.2, 0.25) is 5.02 Å². The quantitative estimate of drug-likeness (QED) is 0.821. The van der Waals surface area contributed by atoms with Crippen LogP contribution in [0.3, 0.4) is 0 Å². The number of halogens is 1. The fraction of sp³-hybridized carbons (Fsp3) is 0.118. The van der Waals surface area contributed by atoms with Crippen LogP contribution < -0.4 is 4.90 Å². The van der Waals surface area contributed by atoms with E-state index in [2.05, 4.69) is 0 Å². The summed E-state index contributed by atoms with van der Waals surface area (Å²) in [6.45, 7) is 0. The zero-order valence-electron chi connectivity index (χ0n) is 13.4. The van der Waals surface area contributed by atoms with Gasteiger partial charge in [-0.2, -0.15) is 0 Å². The number of carboxylic acid groups (broad SMARTS) is 1. The molecule has 0 fully saturated rings. The van der Waals surface area contributed by atoms with Gasteiger partial charge in [-0.25, -0.2) is 14.4 Å². The van der Waals surface area contributed by atoms with E-state index in [9.17, 15) is 19.5 Å². The Kier molecular flexibility index (Phi) is 5.61. The third-order valence-corrected chi connectivity index (χ3v) is 3.57. The molecule has 0 aromatic heterocycles. The number of nitrogens with zero attached hydrogens (tertiary/aromatic N) is 1. The van der Waals surface area contributed by atoms with E-state index in [-0.39, 0.29) is 27.5 Å². The van der Waals surface area contributed by atoms with Crippen LogP contribution in [0.1, 0.15) is 10.4 Å². The van der Waals surface area contributed by atoms with Crippen LogP contribution in [-0.2, 0) is 19.1 Å². The molecule has 25 heavy (non-hydrogen) atoms. The molecule has 8 heteroatoms. The number of hydrogen-bond donors (Lipinski definition) is 1. The van der Waals surface area contributed by atoms with E-state index in [0.717, 1.165) is 7.11 Å². The first-order chi connectivity index (χ1) is 11.9. The molecule has 0 saturated carbocycles. The standard InChI is InChI=1S/C17H14ClNO6/c1-24-16(22)11-5-3-4-8-19(14(11)17(23)25-2)13-7-6-10(18)9-12(13)15(20)21/h3-9H,1-2H3,(H,20,21). The van der Waals surface area contributed by atoms with Crippen molar-refractivity contribution in [3.63, 3.8) is 0 Å². The minimum atomic E-state index is -1.24. The summed E-state index contributed by atoms with van der Waals surface area (Å²) in [4.78, 5) is 37.2. The lowest BCUT2D eigenvalue weighted by atomic mass is 10.1. The van der Waals surface area contributed by atoms with Crippen LogP contribution in [0.25, 0.3) is 0 Å². The summed E-state index contributed by atoms with van der Waals surface area (Å²) in [5.74, 6) is -2.84. The molecule has 0 bridgehead atoms. The van der Waals surface area contributed by atoms with Crippen LogP contribution in [0.15, 0.2) is 53.9 Å². The zero-order chi connectivity index (χ0) is 18.6. The van der Waals surface area contributed by atoms with Gasteiger partial charge in [0.2, 0.25) is 0 Å². The first-order valence-corrected chi connectivity index (χ1v) is 7.36. The van der Waals surface area contributed by atoms with Gasteiger partial charge in [0.1, 0.15) is 5.70 Å². The molecule has 1 aromatic rings. The molecule has 0 radical (unpaired) electrons. The highest BCUT2D eigenvalue weighted by Gasteiger charge is 2.29. The number of esters is 2. The second-order valence-corrected chi connectivity index (χ2v) is 5.22. The minimum Gasteiger partial charge on any atom is -0.478 e. The van der Waals surface area contributed by atoms with Crippen LogP contribution in [-0.4, -0.2) is 37.2 Å². The number of allylic oxidation sites excluding steroid dienone is 2. The number of hydrogen-bond acceptors (Lipinski definition) is 6. The molecule has 1 aromatic carbocycles. The Morgan fingerprint density at radius 1 is 1.08 bits per heavy atom. The van der Waals surface area contributed by atoms with Crippen molar-refractivity contribution in [2.24, 2.45) is 0 Å². The molecule has 0 amide bonds. The number of anilines is 1. The van der Waals surface area contributed by atoms with E-state index in [1.54, 1.807) is 6.08 Å². The molecule has 1 aliphatic heterocycles. The third kappa shape index (κ3) is 3.72. The Bertz CT molecular complexity index is 824. The lowest BCUT2D eigenvalue weighted by Crippen LogP contribution is -2.28. The van der Waals surface area contributed by atoms with Gasteiger partial charge >= 0.3 is 17.9 Å². The van der Waals surface area contributed by atoms with Crippen molar-refractivity contribution in [2.75, 3.05) is 19.1 Å². The molecule has 1 N–H and O–H groups in total. The molecule has 1 heterocycles. The van der Waals surface area contributed by atoms with Crippen LogP contribution in [0.4, 0.5) is 5.69 Å². The Morgan fingerprint density at radius 2 is 1.76 bits per heavy atom. The number of methoxy groups -OCH3 is 2. The van der Waals surface area contributed by atoms with E-state index >= 15 is 0 Å². The molecule has 7 nitrogen and oxygen atoms in total. The largest absolute Gasteiger partial charge is 0.478 e. The predicted molar refractivity (Wildman–Crippen MR) is 90.2 cm³/mol. The second-order valence-electron chi connectivity index (χ2n) is 4.78. The van der Waals surface area contributed by atoms with Gasteiger partial charge in [-0.05, 0) is 30.4 Å². The molecular formula is C17H14ClNO6. The average molecular weight is 364 g/mol. The Balaban J connectivity index is 2.76. The molecule has 0 aliphatic carbocycles. The molecule has 1 aliphatic rings. The van der Waals surface area contributed by atoms with E-state index in [1.807, 2.05) is 0 Å². The van der Waals surface area contributed by atoms with Crippen LogP contribution >= 0.6 is 11.6 Å². The van der Waals surface area contributed by atoms with E-state index < -0.39 is 17.9 Å². The maximum absolute atomic E-state index is 12.3. The molecule has 130 valence electrons. The van der Waals surface area contributed by atoms with Crippen molar-refractivity contribution < 1.29 is 29.0 Å². The third-order valence-electron chi connectivity index (χ3n) is 3.34. The first-order valence-electron chi connectivity index (χ1n) is 6.98.